The number of aryl methyl sites for hydroxylation is 1. The second kappa shape index (κ2) is 9.62. The van der Waals surface area contributed by atoms with Crippen molar-refractivity contribution < 1.29 is 19.1 Å². The van der Waals surface area contributed by atoms with E-state index in [4.69, 9.17) is 9.47 Å². The van der Waals surface area contributed by atoms with Gasteiger partial charge in [0.25, 0.3) is 5.91 Å². The quantitative estimate of drug-likeness (QED) is 0.772. The molecule has 6 heteroatoms. The van der Waals surface area contributed by atoms with Crippen LogP contribution >= 0.6 is 0 Å². The zero-order valence-electron chi connectivity index (χ0n) is 16.2. The third-order valence-electron chi connectivity index (χ3n) is 4.17. The van der Waals surface area contributed by atoms with Gasteiger partial charge in [-0.15, -0.1) is 0 Å². The Bertz CT molecular complexity index is 805. The summed E-state index contributed by atoms with van der Waals surface area (Å²) in [6.07, 6.45) is 0.732. The highest BCUT2D eigenvalue weighted by atomic mass is 16.5. The van der Waals surface area contributed by atoms with Crippen LogP contribution in [0.25, 0.3) is 0 Å². The first-order valence-corrected chi connectivity index (χ1v) is 8.87. The second-order valence-corrected chi connectivity index (χ2v) is 6.13. The first-order valence-electron chi connectivity index (χ1n) is 8.87. The van der Waals surface area contributed by atoms with E-state index in [-0.39, 0.29) is 18.4 Å². The van der Waals surface area contributed by atoms with Gasteiger partial charge >= 0.3 is 0 Å². The zero-order valence-corrected chi connectivity index (χ0v) is 16.2. The van der Waals surface area contributed by atoms with Gasteiger partial charge in [0.2, 0.25) is 5.91 Å². The lowest BCUT2D eigenvalue weighted by Gasteiger charge is -2.23. The van der Waals surface area contributed by atoms with Gasteiger partial charge in [0.15, 0.2) is 11.5 Å². The molecule has 0 heterocycles. The van der Waals surface area contributed by atoms with E-state index in [1.165, 1.54) is 19.1 Å². The van der Waals surface area contributed by atoms with Gasteiger partial charge in [-0.1, -0.05) is 31.2 Å². The standard InChI is InChI=1S/C21H26N2O4/c1-5-13-23(14-19(24)22-17-11-7-6-9-15(17)2)21(25)16-10-8-12-18(26-3)20(16)27-4/h6-12H,5,13-14H2,1-4H3,(H,22,24). The van der Waals surface area contributed by atoms with Crippen molar-refractivity contribution in [3.63, 3.8) is 0 Å². The number of methoxy groups -OCH3 is 2. The number of hydrogen-bond donors (Lipinski definition) is 1. The fourth-order valence-corrected chi connectivity index (χ4v) is 2.82. The topological polar surface area (TPSA) is 67.9 Å². The van der Waals surface area contributed by atoms with Crippen molar-refractivity contribution in [2.75, 3.05) is 32.6 Å². The molecule has 0 saturated heterocycles. The van der Waals surface area contributed by atoms with Crippen LogP contribution in [0.2, 0.25) is 0 Å². The molecule has 2 rings (SSSR count). The molecule has 2 amide bonds. The number of nitrogens with zero attached hydrogens (tertiary/aromatic N) is 1. The van der Waals surface area contributed by atoms with Crippen molar-refractivity contribution in [2.45, 2.75) is 20.3 Å². The largest absolute Gasteiger partial charge is 0.493 e. The molecule has 0 atom stereocenters. The molecule has 0 aliphatic rings. The van der Waals surface area contributed by atoms with Crippen molar-refractivity contribution in [1.29, 1.82) is 0 Å². The van der Waals surface area contributed by atoms with E-state index in [0.29, 0.717) is 23.6 Å². The molecule has 0 aliphatic heterocycles. The van der Waals surface area contributed by atoms with Gasteiger partial charge in [-0.3, -0.25) is 9.59 Å². The van der Waals surface area contributed by atoms with Crippen LogP contribution < -0.4 is 14.8 Å². The molecule has 144 valence electrons. The maximum atomic E-state index is 13.0. The van der Waals surface area contributed by atoms with E-state index in [9.17, 15) is 9.59 Å². The molecule has 0 bridgehead atoms. The molecule has 0 unspecified atom stereocenters. The Labute approximate surface area is 160 Å². The van der Waals surface area contributed by atoms with E-state index < -0.39 is 0 Å². The molecule has 0 fully saturated rings. The summed E-state index contributed by atoms with van der Waals surface area (Å²) in [5.41, 5.74) is 2.08. The van der Waals surface area contributed by atoms with E-state index in [2.05, 4.69) is 5.32 Å². The predicted octanol–water partition coefficient (Wildman–Crippen LogP) is 3.50. The van der Waals surface area contributed by atoms with Crippen LogP contribution in [0.5, 0.6) is 11.5 Å². The van der Waals surface area contributed by atoms with Crippen LogP contribution in [0.3, 0.4) is 0 Å². The lowest BCUT2D eigenvalue weighted by molar-refractivity contribution is -0.116. The Kier molecular flexibility index (Phi) is 7.23. The zero-order chi connectivity index (χ0) is 19.8. The number of ether oxygens (including phenoxy) is 2. The van der Waals surface area contributed by atoms with Crippen LogP contribution in [0, 0.1) is 6.92 Å². The number of amides is 2. The van der Waals surface area contributed by atoms with Gasteiger partial charge in [-0.2, -0.15) is 0 Å². The Morgan fingerprint density at radius 2 is 1.78 bits per heavy atom. The normalized spacial score (nSPS) is 10.2. The average Bonchev–Trinajstić information content (AvgIpc) is 2.68. The Morgan fingerprint density at radius 1 is 1.04 bits per heavy atom. The molecule has 1 N–H and O–H groups in total. The summed E-state index contributed by atoms with van der Waals surface area (Å²) in [6, 6.07) is 12.7. The summed E-state index contributed by atoms with van der Waals surface area (Å²) in [4.78, 5) is 27.1. The Morgan fingerprint density at radius 3 is 2.41 bits per heavy atom. The molecule has 6 nitrogen and oxygen atoms in total. The number of para-hydroxylation sites is 2. The number of carbonyl (C=O) groups excluding carboxylic acids is 2. The molecule has 0 saturated carbocycles. The summed E-state index contributed by atoms with van der Waals surface area (Å²) < 4.78 is 10.6. The van der Waals surface area contributed by atoms with E-state index >= 15 is 0 Å². The minimum atomic E-state index is -0.271. The Hall–Kier alpha value is -3.02. The van der Waals surface area contributed by atoms with Crippen molar-refractivity contribution in [3.8, 4) is 11.5 Å². The number of nitrogens with one attached hydrogen (secondary N) is 1. The second-order valence-electron chi connectivity index (χ2n) is 6.13. The van der Waals surface area contributed by atoms with Crippen molar-refractivity contribution in [3.05, 3.63) is 53.6 Å². The molecule has 0 aromatic heterocycles. The van der Waals surface area contributed by atoms with Gasteiger partial charge in [0, 0.05) is 12.2 Å². The first kappa shape index (κ1) is 20.3. The summed E-state index contributed by atoms with van der Waals surface area (Å²) in [5, 5.41) is 2.87. The summed E-state index contributed by atoms with van der Waals surface area (Å²) >= 11 is 0. The molecule has 2 aromatic rings. The van der Waals surface area contributed by atoms with Crippen LogP contribution in [0.15, 0.2) is 42.5 Å². The third-order valence-corrected chi connectivity index (χ3v) is 4.17. The number of rotatable bonds is 8. The van der Waals surface area contributed by atoms with Gasteiger partial charge in [0.1, 0.15) is 6.54 Å². The highest BCUT2D eigenvalue weighted by molar-refractivity contribution is 6.01. The highest BCUT2D eigenvalue weighted by Crippen LogP contribution is 2.31. The summed E-state index contributed by atoms with van der Waals surface area (Å²) in [6.45, 7) is 4.30. The fraction of sp³-hybridized carbons (Fsp3) is 0.333. The fourth-order valence-electron chi connectivity index (χ4n) is 2.82. The van der Waals surface area contributed by atoms with Crippen molar-refractivity contribution in [1.82, 2.24) is 4.90 Å². The van der Waals surface area contributed by atoms with Crippen LogP contribution in [0.1, 0.15) is 29.3 Å². The molecule has 2 aromatic carbocycles. The minimum absolute atomic E-state index is 0.0403. The first-order chi connectivity index (χ1) is 13.0. The van der Waals surface area contributed by atoms with E-state index in [0.717, 1.165) is 17.7 Å². The molecule has 0 aliphatic carbocycles. The van der Waals surface area contributed by atoms with Gasteiger partial charge in [-0.25, -0.2) is 0 Å². The minimum Gasteiger partial charge on any atom is -0.493 e. The monoisotopic (exact) mass is 370 g/mol. The third kappa shape index (κ3) is 5.00. The molecule has 27 heavy (non-hydrogen) atoms. The lowest BCUT2D eigenvalue weighted by Crippen LogP contribution is -2.38. The molecule has 0 radical (unpaired) electrons. The number of carbonyl (C=O) groups is 2. The van der Waals surface area contributed by atoms with E-state index in [1.807, 2.05) is 38.1 Å². The molecular weight excluding hydrogens is 344 g/mol. The Balaban J connectivity index is 2.20. The van der Waals surface area contributed by atoms with Crippen molar-refractivity contribution >= 4 is 17.5 Å². The van der Waals surface area contributed by atoms with Gasteiger partial charge in [-0.05, 0) is 37.1 Å². The van der Waals surface area contributed by atoms with Gasteiger partial charge < -0.3 is 19.7 Å². The predicted molar refractivity (Wildman–Crippen MR) is 106 cm³/mol. The van der Waals surface area contributed by atoms with Gasteiger partial charge in [0.05, 0.1) is 19.8 Å². The van der Waals surface area contributed by atoms with Crippen molar-refractivity contribution in [2.24, 2.45) is 0 Å². The summed E-state index contributed by atoms with van der Waals surface area (Å²) in [7, 11) is 3.01. The smallest absolute Gasteiger partial charge is 0.258 e. The van der Waals surface area contributed by atoms with Crippen LogP contribution in [-0.2, 0) is 4.79 Å². The number of anilines is 1. The van der Waals surface area contributed by atoms with Crippen LogP contribution in [0.4, 0.5) is 5.69 Å². The number of benzene rings is 2. The molecular formula is C21H26N2O4. The maximum absolute atomic E-state index is 13.0. The molecule has 0 spiro atoms. The SMILES string of the molecule is CCCN(CC(=O)Nc1ccccc1C)C(=O)c1cccc(OC)c1OC. The van der Waals surface area contributed by atoms with Crippen LogP contribution in [-0.4, -0.2) is 44.0 Å². The van der Waals surface area contributed by atoms with E-state index in [1.54, 1.807) is 18.2 Å². The highest BCUT2D eigenvalue weighted by Gasteiger charge is 2.23. The lowest BCUT2D eigenvalue weighted by atomic mass is 10.1. The average molecular weight is 370 g/mol. The number of hydrogen-bond acceptors (Lipinski definition) is 4. The maximum Gasteiger partial charge on any atom is 0.258 e. The summed E-state index contributed by atoms with van der Waals surface area (Å²) in [5.74, 6) is 0.329.